The number of aromatic carboxylic acids is 1. The molecule has 0 spiro atoms. The average Bonchev–Trinajstić information content (AvgIpc) is 2.81. The van der Waals surface area contributed by atoms with Crippen molar-refractivity contribution in [2.75, 3.05) is 6.54 Å². The quantitative estimate of drug-likeness (QED) is 0.877. The number of carboxylic acid groups (broad SMARTS) is 1. The summed E-state index contributed by atoms with van der Waals surface area (Å²) in [5, 5.41) is 9.97. The smallest absolute Gasteiger partial charge is 0.410 e. The zero-order valence-electron chi connectivity index (χ0n) is 13.5. The van der Waals surface area contributed by atoms with Crippen molar-refractivity contribution in [3.05, 3.63) is 35.5 Å². The fourth-order valence-electron chi connectivity index (χ4n) is 2.83. The van der Waals surface area contributed by atoms with Gasteiger partial charge >= 0.3 is 12.1 Å². The van der Waals surface area contributed by atoms with Gasteiger partial charge in [-0.15, -0.1) is 0 Å². The minimum absolute atomic E-state index is 0.268. The number of nitrogens with zero attached hydrogens (tertiary/aromatic N) is 2. The molecular formula is C17H20N2O4. The van der Waals surface area contributed by atoms with E-state index in [0.717, 1.165) is 16.6 Å². The molecule has 2 heterocycles. The van der Waals surface area contributed by atoms with Gasteiger partial charge in [0.15, 0.2) is 0 Å². The monoisotopic (exact) mass is 316 g/mol. The van der Waals surface area contributed by atoms with Crippen LogP contribution in [0.25, 0.3) is 10.9 Å². The molecule has 3 rings (SSSR count). The summed E-state index contributed by atoms with van der Waals surface area (Å²) in [5.41, 5.74) is 1.73. The van der Waals surface area contributed by atoms with Gasteiger partial charge in [0.25, 0.3) is 0 Å². The van der Waals surface area contributed by atoms with Crippen molar-refractivity contribution in [3.8, 4) is 0 Å². The first-order valence-corrected chi connectivity index (χ1v) is 7.58. The van der Waals surface area contributed by atoms with E-state index in [2.05, 4.69) is 4.57 Å². The van der Waals surface area contributed by atoms with E-state index in [-0.39, 0.29) is 11.7 Å². The van der Waals surface area contributed by atoms with Crippen LogP contribution in [0.3, 0.4) is 0 Å². The molecule has 0 radical (unpaired) electrons. The third-order valence-corrected chi connectivity index (χ3v) is 3.83. The first-order valence-electron chi connectivity index (χ1n) is 7.58. The molecule has 6 nitrogen and oxygen atoms in total. The van der Waals surface area contributed by atoms with Gasteiger partial charge in [0.05, 0.1) is 12.1 Å². The van der Waals surface area contributed by atoms with Crippen LogP contribution >= 0.6 is 0 Å². The highest BCUT2D eigenvalue weighted by atomic mass is 16.6. The number of carbonyl (C=O) groups excluding carboxylic acids is 1. The largest absolute Gasteiger partial charge is 0.478 e. The topological polar surface area (TPSA) is 71.8 Å². The molecule has 1 amide bonds. The van der Waals surface area contributed by atoms with Crippen LogP contribution in [0.5, 0.6) is 0 Å². The predicted octanol–water partition coefficient (Wildman–Crippen LogP) is 3.09. The van der Waals surface area contributed by atoms with E-state index in [1.54, 1.807) is 17.0 Å². The van der Waals surface area contributed by atoms with Crippen LogP contribution in [-0.4, -0.2) is 38.8 Å². The number of hydrogen-bond acceptors (Lipinski definition) is 3. The maximum absolute atomic E-state index is 12.2. The number of aromatic nitrogens is 1. The molecule has 0 atom stereocenters. The lowest BCUT2D eigenvalue weighted by Gasteiger charge is -2.31. The zero-order valence-corrected chi connectivity index (χ0v) is 13.5. The Bertz CT molecular complexity index is 786. The van der Waals surface area contributed by atoms with E-state index in [9.17, 15) is 9.59 Å². The Morgan fingerprint density at radius 1 is 1.17 bits per heavy atom. The summed E-state index contributed by atoms with van der Waals surface area (Å²) in [6, 6.07) is 7.04. The minimum Gasteiger partial charge on any atom is -0.478 e. The number of carbonyl (C=O) groups is 2. The van der Waals surface area contributed by atoms with Crippen LogP contribution in [0.2, 0.25) is 0 Å². The Morgan fingerprint density at radius 3 is 2.57 bits per heavy atom. The van der Waals surface area contributed by atoms with Crippen molar-refractivity contribution >= 4 is 23.0 Å². The second-order valence-electron chi connectivity index (χ2n) is 6.77. The second-order valence-corrected chi connectivity index (χ2v) is 6.77. The van der Waals surface area contributed by atoms with Crippen LogP contribution < -0.4 is 0 Å². The predicted molar refractivity (Wildman–Crippen MR) is 85.5 cm³/mol. The normalized spacial score (nSPS) is 14.7. The summed E-state index contributed by atoms with van der Waals surface area (Å²) >= 11 is 0. The fourth-order valence-corrected chi connectivity index (χ4v) is 2.83. The van der Waals surface area contributed by atoms with Gasteiger partial charge in [-0.1, -0.05) is 0 Å². The molecule has 0 aliphatic carbocycles. The van der Waals surface area contributed by atoms with Gasteiger partial charge in [0.2, 0.25) is 0 Å². The molecule has 1 aromatic carbocycles. The summed E-state index contributed by atoms with van der Waals surface area (Å²) in [6.07, 6.45) is -0.319. The first-order chi connectivity index (χ1) is 10.7. The van der Waals surface area contributed by atoms with E-state index in [1.165, 1.54) is 0 Å². The summed E-state index contributed by atoms with van der Waals surface area (Å²) in [4.78, 5) is 25.0. The molecular weight excluding hydrogens is 296 g/mol. The minimum atomic E-state index is -0.938. The molecule has 1 aliphatic heterocycles. The van der Waals surface area contributed by atoms with Gasteiger partial charge in [-0.2, -0.15) is 0 Å². The van der Waals surface area contributed by atoms with E-state index < -0.39 is 11.6 Å². The number of fused-ring (bicyclic) bond motifs is 3. The number of rotatable bonds is 1. The standard InChI is InChI=1S/C17H20N2O4/c1-17(2,3)23-16(22)18-6-7-19-13(10-18)9-12-8-11(15(20)21)4-5-14(12)19/h4-5,8-9H,6-7,10H2,1-3H3,(H,20,21). The average molecular weight is 316 g/mol. The zero-order chi connectivity index (χ0) is 16.8. The van der Waals surface area contributed by atoms with Crippen molar-refractivity contribution < 1.29 is 19.4 Å². The summed E-state index contributed by atoms with van der Waals surface area (Å²) in [5.74, 6) is -0.938. The molecule has 0 fully saturated rings. The van der Waals surface area contributed by atoms with Gasteiger partial charge in [0.1, 0.15) is 5.60 Å². The van der Waals surface area contributed by atoms with E-state index in [4.69, 9.17) is 9.84 Å². The second kappa shape index (κ2) is 5.30. The Balaban J connectivity index is 1.88. The summed E-state index contributed by atoms with van der Waals surface area (Å²) < 4.78 is 7.54. The molecule has 1 N–H and O–H groups in total. The lowest BCUT2D eigenvalue weighted by Crippen LogP contribution is -2.41. The Kier molecular flexibility index (Phi) is 3.55. The maximum Gasteiger partial charge on any atom is 0.410 e. The van der Waals surface area contributed by atoms with Gasteiger partial charge in [-0.05, 0) is 45.0 Å². The van der Waals surface area contributed by atoms with Gasteiger partial charge in [0, 0.05) is 29.7 Å². The molecule has 0 unspecified atom stereocenters. The number of carboxylic acids is 1. The Hall–Kier alpha value is -2.50. The molecule has 0 saturated carbocycles. The van der Waals surface area contributed by atoms with Crippen LogP contribution in [-0.2, 0) is 17.8 Å². The van der Waals surface area contributed by atoms with Crippen LogP contribution in [0, 0.1) is 0 Å². The molecule has 0 saturated heterocycles. The van der Waals surface area contributed by atoms with Crippen molar-refractivity contribution in [2.45, 2.75) is 39.5 Å². The van der Waals surface area contributed by atoms with Crippen LogP contribution in [0.15, 0.2) is 24.3 Å². The summed E-state index contributed by atoms with van der Waals surface area (Å²) in [7, 11) is 0. The van der Waals surface area contributed by atoms with E-state index in [1.807, 2.05) is 32.9 Å². The van der Waals surface area contributed by atoms with Crippen LogP contribution in [0.4, 0.5) is 4.79 Å². The maximum atomic E-state index is 12.2. The molecule has 23 heavy (non-hydrogen) atoms. The lowest BCUT2D eigenvalue weighted by atomic mass is 10.1. The van der Waals surface area contributed by atoms with Crippen molar-refractivity contribution in [3.63, 3.8) is 0 Å². The fraction of sp³-hybridized carbons (Fsp3) is 0.412. The molecule has 2 aromatic rings. The van der Waals surface area contributed by atoms with E-state index >= 15 is 0 Å². The van der Waals surface area contributed by atoms with Gasteiger partial charge in [-0.3, -0.25) is 0 Å². The van der Waals surface area contributed by atoms with Crippen LogP contribution in [0.1, 0.15) is 36.8 Å². The molecule has 1 aliphatic rings. The van der Waals surface area contributed by atoms with Crippen molar-refractivity contribution in [2.24, 2.45) is 0 Å². The third-order valence-electron chi connectivity index (χ3n) is 3.83. The highest BCUT2D eigenvalue weighted by Gasteiger charge is 2.26. The van der Waals surface area contributed by atoms with Crippen molar-refractivity contribution in [1.82, 2.24) is 9.47 Å². The molecule has 1 aromatic heterocycles. The number of benzene rings is 1. The highest BCUT2D eigenvalue weighted by molar-refractivity contribution is 5.94. The molecule has 0 bridgehead atoms. The summed E-state index contributed by atoms with van der Waals surface area (Å²) in [6.45, 7) is 7.25. The number of hydrogen-bond donors (Lipinski definition) is 1. The van der Waals surface area contributed by atoms with Gasteiger partial charge < -0.3 is 19.3 Å². The molecule has 6 heteroatoms. The van der Waals surface area contributed by atoms with Gasteiger partial charge in [-0.25, -0.2) is 9.59 Å². The van der Waals surface area contributed by atoms with Crippen molar-refractivity contribution in [1.29, 1.82) is 0 Å². The Morgan fingerprint density at radius 2 is 1.91 bits per heavy atom. The highest BCUT2D eigenvalue weighted by Crippen LogP contribution is 2.26. The van der Waals surface area contributed by atoms with E-state index in [0.29, 0.717) is 19.6 Å². The number of ether oxygens (including phenoxy) is 1. The first kappa shape index (κ1) is 15.4. The third kappa shape index (κ3) is 3.02. The Labute approximate surface area is 134 Å². The molecule has 122 valence electrons. The SMILES string of the molecule is CC(C)(C)OC(=O)N1CCn2c(cc3cc(C(=O)O)ccc32)C1. The lowest BCUT2D eigenvalue weighted by molar-refractivity contribution is 0.0200. The number of amides is 1.